The van der Waals surface area contributed by atoms with Gasteiger partial charge in [-0.3, -0.25) is 4.79 Å². The highest BCUT2D eigenvalue weighted by atomic mass is 32.2. The Morgan fingerprint density at radius 3 is 2.62 bits per heavy atom. The molecule has 3 aromatic rings. The summed E-state index contributed by atoms with van der Waals surface area (Å²) >= 11 is 2.88. The van der Waals surface area contributed by atoms with Crippen LogP contribution in [0.25, 0.3) is 0 Å². The van der Waals surface area contributed by atoms with E-state index in [0.717, 1.165) is 37.2 Å². The van der Waals surface area contributed by atoms with Crippen molar-refractivity contribution >= 4 is 40.0 Å². The van der Waals surface area contributed by atoms with E-state index < -0.39 is 0 Å². The maximum absolute atomic E-state index is 13.0. The van der Waals surface area contributed by atoms with Crippen LogP contribution in [-0.2, 0) is 35.3 Å². The molecule has 0 saturated heterocycles. The van der Waals surface area contributed by atoms with Gasteiger partial charge in [0.15, 0.2) is 5.16 Å². The second-order valence-corrected chi connectivity index (χ2v) is 12.4. The molecule has 0 bridgehead atoms. The van der Waals surface area contributed by atoms with Crippen LogP contribution in [0.1, 0.15) is 73.2 Å². The predicted molar refractivity (Wildman–Crippen MR) is 150 cm³/mol. The maximum atomic E-state index is 13.0. The Morgan fingerprint density at radius 1 is 1.19 bits per heavy atom. The Kier molecular flexibility index (Phi) is 8.75. The SMILES string of the molecule is CCOC(=O)c1c(NC(=O)CSc2nnc(Cc3ccccc3)n2CC)sc2c1CC[C@H](C(C)(C)C)C2. The van der Waals surface area contributed by atoms with E-state index >= 15 is 0 Å². The number of nitrogens with zero attached hydrogens (tertiary/aromatic N) is 3. The maximum Gasteiger partial charge on any atom is 0.341 e. The summed E-state index contributed by atoms with van der Waals surface area (Å²) in [6.07, 6.45) is 3.47. The molecule has 0 radical (unpaired) electrons. The molecule has 1 aromatic carbocycles. The van der Waals surface area contributed by atoms with Crippen LogP contribution >= 0.6 is 23.1 Å². The van der Waals surface area contributed by atoms with Gasteiger partial charge in [-0.15, -0.1) is 21.5 Å². The number of thioether (sulfide) groups is 1. The number of carbonyl (C=O) groups excluding carboxylic acids is 2. The van der Waals surface area contributed by atoms with Crippen LogP contribution in [0, 0.1) is 11.3 Å². The van der Waals surface area contributed by atoms with Gasteiger partial charge in [0.05, 0.1) is 17.9 Å². The number of aromatic nitrogens is 3. The molecule has 1 N–H and O–H groups in total. The summed E-state index contributed by atoms with van der Waals surface area (Å²) in [5.41, 5.74) is 2.94. The number of fused-ring (bicyclic) bond motifs is 1. The molecule has 4 rings (SSSR count). The number of nitrogens with one attached hydrogen (secondary N) is 1. The van der Waals surface area contributed by atoms with Crippen molar-refractivity contribution in [2.45, 2.75) is 72.0 Å². The fraction of sp³-hybridized carbons (Fsp3) is 0.500. The molecule has 0 saturated carbocycles. The molecule has 1 aliphatic rings. The van der Waals surface area contributed by atoms with E-state index in [-0.39, 0.29) is 23.0 Å². The van der Waals surface area contributed by atoms with Crippen molar-refractivity contribution in [2.75, 3.05) is 17.7 Å². The predicted octanol–water partition coefficient (Wildman–Crippen LogP) is 6.01. The first kappa shape index (κ1) is 27.4. The normalized spacial score (nSPS) is 15.3. The minimum absolute atomic E-state index is 0.170. The number of amides is 1. The van der Waals surface area contributed by atoms with Crippen LogP contribution in [0.5, 0.6) is 0 Å². The van der Waals surface area contributed by atoms with E-state index in [0.29, 0.717) is 34.7 Å². The monoisotopic (exact) mass is 540 g/mol. The molecule has 1 aliphatic carbocycles. The molecule has 0 spiro atoms. The molecule has 2 heterocycles. The number of hydrogen-bond acceptors (Lipinski definition) is 7. The van der Waals surface area contributed by atoms with Gasteiger partial charge in [-0.05, 0) is 55.6 Å². The van der Waals surface area contributed by atoms with Gasteiger partial charge in [0.25, 0.3) is 0 Å². The van der Waals surface area contributed by atoms with E-state index in [2.05, 4.69) is 55.3 Å². The first-order valence-electron chi connectivity index (χ1n) is 12.9. The second-order valence-electron chi connectivity index (χ2n) is 10.4. The zero-order chi connectivity index (χ0) is 26.6. The van der Waals surface area contributed by atoms with Gasteiger partial charge < -0.3 is 14.6 Å². The number of hydrogen-bond donors (Lipinski definition) is 1. The molecule has 0 unspecified atom stereocenters. The Balaban J connectivity index is 1.47. The molecule has 1 atom stereocenters. The molecule has 1 amide bonds. The molecule has 0 fully saturated rings. The van der Waals surface area contributed by atoms with Crippen molar-refractivity contribution < 1.29 is 14.3 Å². The largest absolute Gasteiger partial charge is 0.462 e. The zero-order valence-electron chi connectivity index (χ0n) is 22.3. The van der Waals surface area contributed by atoms with Crippen LogP contribution < -0.4 is 5.32 Å². The lowest BCUT2D eigenvalue weighted by Gasteiger charge is -2.33. The second kappa shape index (κ2) is 11.8. The van der Waals surface area contributed by atoms with Gasteiger partial charge in [0.2, 0.25) is 5.91 Å². The molecule has 0 aliphatic heterocycles. The lowest BCUT2D eigenvalue weighted by atomic mass is 9.72. The van der Waals surface area contributed by atoms with Gasteiger partial charge in [-0.25, -0.2) is 4.79 Å². The zero-order valence-corrected chi connectivity index (χ0v) is 23.9. The van der Waals surface area contributed by atoms with Gasteiger partial charge in [0.1, 0.15) is 10.8 Å². The lowest BCUT2D eigenvalue weighted by Crippen LogP contribution is -2.26. The van der Waals surface area contributed by atoms with Crippen molar-refractivity contribution in [2.24, 2.45) is 11.3 Å². The van der Waals surface area contributed by atoms with Crippen LogP contribution in [0.15, 0.2) is 35.5 Å². The number of benzene rings is 1. The molecule has 198 valence electrons. The third-order valence-electron chi connectivity index (χ3n) is 6.87. The highest BCUT2D eigenvalue weighted by molar-refractivity contribution is 7.99. The number of anilines is 1. The van der Waals surface area contributed by atoms with Crippen molar-refractivity contribution in [3.63, 3.8) is 0 Å². The molecular formula is C28H36N4O3S2. The topological polar surface area (TPSA) is 86.1 Å². The minimum atomic E-state index is -0.353. The first-order valence-corrected chi connectivity index (χ1v) is 14.7. The number of thiophene rings is 1. The van der Waals surface area contributed by atoms with E-state index in [1.54, 1.807) is 6.92 Å². The number of rotatable bonds is 9. The fourth-order valence-electron chi connectivity index (χ4n) is 4.78. The highest BCUT2D eigenvalue weighted by Gasteiger charge is 2.34. The summed E-state index contributed by atoms with van der Waals surface area (Å²) in [5, 5.41) is 13.0. The summed E-state index contributed by atoms with van der Waals surface area (Å²) in [6, 6.07) is 10.2. The average Bonchev–Trinajstić information content (AvgIpc) is 3.42. The number of ether oxygens (including phenoxy) is 1. The molecule has 2 aromatic heterocycles. The molecule has 9 heteroatoms. The van der Waals surface area contributed by atoms with Gasteiger partial charge in [-0.1, -0.05) is 62.9 Å². The summed E-state index contributed by atoms with van der Waals surface area (Å²) in [4.78, 5) is 27.1. The van der Waals surface area contributed by atoms with E-state index in [1.807, 2.05) is 22.8 Å². The minimum Gasteiger partial charge on any atom is -0.462 e. The van der Waals surface area contributed by atoms with E-state index in [4.69, 9.17) is 4.74 Å². The lowest BCUT2D eigenvalue weighted by molar-refractivity contribution is -0.113. The van der Waals surface area contributed by atoms with Gasteiger partial charge in [-0.2, -0.15) is 0 Å². The van der Waals surface area contributed by atoms with E-state index in [9.17, 15) is 9.59 Å². The van der Waals surface area contributed by atoms with Crippen molar-refractivity contribution in [3.8, 4) is 0 Å². The molecule has 37 heavy (non-hydrogen) atoms. The van der Waals surface area contributed by atoms with Crippen molar-refractivity contribution in [3.05, 3.63) is 57.7 Å². The Bertz CT molecular complexity index is 1240. The third-order valence-corrected chi connectivity index (χ3v) is 9.01. The van der Waals surface area contributed by atoms with Crippen LogP contribution in [0.4, 0.5) is 5.00 Å². The number of carbonyl (C=O) groups is 2. The Morgan fingerprint density at radius 2 is 1.95 bits per heavy atom. The molecular weight excluding hydrogens is 504 g/mol. The average molecular weight is 541 g/mol. The number of esters is 1. The third kappa shape index (κ3) is 6.44. The van der Waals surface area contributed by atoms with Crippen LogP contribution in [0.3, 0.4) is 0 Å². The fourth-order valence-corrected chi connectivity index (χ4v) is 6.93. The summed E-state index contributed by atoms with van der Waals surface area (Å²) < 4.78 is 7.42. The highest BCUT2D eigenvalue weighted by Crippen LogP contribution is 2.44. The molecule has 7 nitrogen and oxygen atoms in total. The van der Waals surface area contributed by atoms with Crippen molar-refractivity contribution in [1.29, 1.82) is 0 Å². The Labute approximate surface area is 227 Å². The van der Waals surface area contributed by atoms with Gasteiger partial charge >= 0.3 is 5.97 Å². The quantitative estimate of drug-likeness (QED) is 0.264. The summed E-state index contributed by atoms with van der Waals surface area (Å²) in [5.74, 6) is 1.07. The van der Waals surface area contributed by atoms with E-state index in [1.165, 1.54) is 33.5 Å². The summed E-state index contributed by atoms with van der Waals surface area (Å²) in [6.45, 7) is 11.7. The van der Waals surface area contributed by atoms with Gasteiger partial charge in [0, 0.05) is 17.8 Å². The Hall–Kier alpha value is -2.65. The van der Waals surface area contributed by atoms with Crippen LogP contribution in [0.2, 0.25) is 0 Å². The smallest absolute Gasteiger partial charge is 0.341 e. The standard InChI is InChI=1S/C28H36N4O3S2/c1-6-32-22(15-18-11-9-8-10-12-18)30-31-27(32)36-17-23(33)29-25-24(26(34)35-7-2)20-14-13-19(28(3,4)5)16-21(20)37-25/h8-12,19H,6-7,13-17H2,1-5H3,(H,29,33)/t19-/m0/s1. The first-order chi connectivity index (χ1) is 17.7. The van der Waals surface area contributed by atoms with Crippen LogP contribution in [-0.4, -0.2) is 39.0 Å². The summed E-state index contributed by atoms with van der Waals surface area (Å²) in [7, 11) is 0. The van der Waals surface area contributed by atoms with Crippen molar-refractivity contribution in [1.82, 2.24) is 14.8 Å².